The lowest BCUT2D eigenvalue weighted by Crippen LogP contribution is -2.37. The van der Waals surface area contributed by atoms with E-state index in [2.05, 4.69) is 10.3 Å². The molecule has 3 aromatic rings. The second-order valence-electron chi connectivity index (χ2n) is 9.55. The topological polar surface area (TPSA) is 152 Å². The van der Waals surface area contributed by atoms with E-state index in [-0.39, 0.29) is 63.5 Å². The van der Waals surface area contributed by atoms with Gasteiger partial charge in [0.2, 0.25) is 11.7 Å². The van der Waals surface area contributed by atoms with Crippen molar-refractivity contribution in [3.8, 4) is 17.2 Å². The van der Waals surface area contributed by atoms with Gasteiger partial charge in [-0.25, -0.2) is 4.98 Å². The van der Waals surface area contributed by atoms with Gasteiger partial charge in [0.15, 0.2) is 5.78 Å². The molecule has 0 aliphatic heterocycles. The van der Waals surface area contributed by atoms with Gasteiger partial charge in [0.1, 0.15) is 22.3 Å². The standard InChI is InChI=1S/C28H27N3O6S2/c1-13(38-39-20-9-7-15(29)12-30-20)11-31-28(36)14-6-8-16-18(10-14)26(34)22-23(24(16)32)27(35)21-17(25(22)33)4-3-5-19(21)37-2/h3-5,7,9,12-14,32,34H,6,8,10-11,29H2,1-2H3,(H,31,36)/t13-,14?/m0/s1. The predicted molar refractivity (Wildman–Crippen MR) is 150 cm³/mol. The number of pyridine rings is 1. The fourth-order valence-corrected chi connectivity index (χ4v) is 6.95. The number of hydrogen-bond donors (Lipinski definition) is 4. The molecule has 0 fully saturated rings. The fraction of sp³-hybridized carbons (Fsp3) is 0.286. The Morgan fingerprint density at radius 3 is 2.59 bits per heavy atom. The van der Waals surface area contributed by atoms with Gasteiger partial charge < -0.3 is 26.0 Å². The molecule has 1 unspecified atom stereocenters. The van der Waals surface area contributed by atoms with Crippen molar-refractivity contribution in [2.45, 2.75) is 36.5 Å². The van der Waals surface area contributed by atoms with Crippen LogP contribution in [0.1, 0.15) is 56.3 Å². The van der Waals surface area contributed by atoms with Crippen LogP contribution in [0.2, 0.25) is 0 Å². The van der Waals surface area contributed by atoms with Crippen molar-refractivity contribution in [1.82, 2.24) is 10.3 Å². The van der Waals surface area contributed by atoms with E-state index in [1.807, 2.05) is 13.0 Å². The van der Waals surface area contributed by atoms with Crippen LogP contribution >= 0.6 is 21.6 Å². The highest BCUT2D eigenvalue weighted by Gasteiger charge is 2.41. The highest BCUT2D eigenvalue weighted by Crippen LogP contribution is 2.47. The Kier molecular flexibility index (Phi) is 7.46. The van der Waals surface area contributed by atoms with Gasteiger partial charge in [0, 0.05) is 34.4 Å². The Balaban J connectivity index is 1.31. The number of aromatic hydroxyl groups is 2. The number of carbonyl (C=O) groups is 3. The van der Waals surface area contributed by atoms with Crippen LogP contribution in [-0.4, -0.2) is 51.6 Å². The highest BCUT2D eigenvalue weighted by atomic mass is 33.1. The quantitative estimate of drug-likeness (QED) is 0.192. The third-order valence-corrected chi connectivity index (χ3v) is 9.81. The molecule has 5 rings (SSSR count). The smallest absolute Gasteiger partial charge is 0.223 e. The monoisotopic (exact) mass is 565 g/mol. The molecule has 202 valence electrons. The molecule has 39 heavy (non-hydrogen) atoms. The van der Waals surface area contributed by atoms with Crippen LogP contribution in [0.4, 0.5) is 5.69 Å². The summed E-state index contributed by atoms with van der Waals surface area (Å²) in [5.41, 5.74) is 6.72. The number of carbonyl (C=O) groups excluding carboxylic acids is 3. The van der Waals surface area contributed by atoms with Crippen LogP contribution in [-0.2, 0) is 17.6 Å². The van der Waals surface area contributed by atoms with Crippen LogP contribution in [0.5, 0.6) is 17.2 Å². The zero-order chi connectivity index (χ0) is 27.8. The maximum Gasteiger partial charge on any atom is 0.223 e. The van der Waals surface area contributed by atoms with Crippen LogP contribution in [0.15, 0.2) is 41.6 Å². The Morgan fingerprint density at radius 1 is 1.13 bits per heavy atom. The van der Waals surface area contributed by atoms with Crippen molar-refractivity contribution in [3.63, 3.8) is 0 Å². The van der Waals surface area contributed by atoms with E-state index in [1.54, 1.807) is 35.2 Å². The summed E-state index contributed by atoms with van der Waals surface area (Å²) in [7, 11) is 4.47. The molecule has 2 atom stereocenters. The zero-order valence-corrected chi connectivity index (χ0v) is 22.9. The average Bonchev–Trinajstić information content (AvgIpc) is 2.95. The maximum absolute atomic E-state index is 13.4. The van der Waals surface area contributed by atoms with Crippen molar-refractivity contribution in [2.75, 3.05) is 19.4 Å². The molecule has 5 N–H and O–H groups in total. The number of fused-ring (bicyclic) bond motifs is 3. The average molecular weight is 566 g/mol. The number of nitrogen functional groups attached to an aromatic ring is 1. The molecule has 0 radical (unpaired) electrons. The number of benzene rings is 2. The summed E-state index contributed by atoms with van der Waals surface area (Å²) < 4.78 is 5.28. The van der Waals surface area contributed by atoms with Crippen LogP contribution < -0.4 is 15.8 Å². The number of anilines is 1. The van der Waals surface area contributed by atoms with E-state index in [0.717, 1.165) is 5.03 Å². The lowest BCUT2D eigenvalue weighted by molar-refractivity contribution is -0.125. The normalized spacial score (nSPS) is 16.6. The number of phenolic OH excluding ortho intramolecular Hbond substituents is 2. The van der Waals surface area contributed by atoms with E-state index in [0.29, 0.717) is 29.8 Å². The van der Waals surface area contributed by atoms with Crippen molar-refractivity contribution in [3.05, 3.63) is 69.9 Å². The van der Waals surface area contributed by atoms with Gasteiger partial charge >= 0.3 is 0 Å². The molecule has 0 bridgehead atoms. The van der Waals surface area contributed by atoms with Crippen LogP contribution in [0, 0.1) is 5.92 Å². The molecule has 2 aromatic carbocycles. The minimum absolute atomic E-state index is 0.0672. The molecular weight excluding hydrogens is 538 g/mol. The third-order valence-electron chi connectivity index (χ3n) is 7.02. The largest absolute Gasteiger partial charge is 0.507 e. The summed E-state index contributed by atoms with van der Waals surface area (Å²) >= 11 is 0. The summed E-state index contributed by atoms with van der Waals surface area (Å²) in [5, 5.41) is 26.2. The lowest BCUT2D eigenvalue weighted by Gasteiger charge is -2.29. The van der Waals surface area contributed by atoms with Crippen LogP contribution in [0.25, 0.3) is 0 Å². The first-order valence-electron chi connectivity index (χ1n) is 12.4. The van der Waals surface area contributed by atoms with Crippen molar-refractivity contribution in [1.29, 1.82) is 0 Å². The van der Waals surface area contributed by atoms with Gasteiger partial charge in [0.25, 0.3) is 0 Å². The van der Waals surface area contributed by atoms with Crippen molar-refractivity contribution < 1.29 is 29.3 Å². The number of ether oxygens (including phenoxy) is 1. The number of nitrogens with one attached hydrogen (secondary N) is 1. The number of amides is 1. The summed E-state index contributed by atoms with van der Waals surface area (Å²) in [6, 6.07) is 8.28. The molecule has 2 aliphatic rings. The molecule has 2 aliphatic carbocycles. The molecule has 0 saturated heterocycles. The van der Waals surface area contributed by atoms with Crippen molar-refractivity contribution >= 4 is 44.7 Å². The van der Waals surface area contributed by atoms with Gasteiger partial charge in [-0.15, -0.1) is 0 Å². The third kappa shape index (κ3) is 4.92. The van der Waals surface area contributed by atoms with E-state index < -0.39 is 17.5 Å². The fourth-order valence-electron chi connectivity index (χ4n) is 5.03. The van der Waals surface area contributed by atoms with Gasteiger partial charge in [-0.3, -0.25) is 14.4 Å². The number of nitrogens with two attached hydrogens (primary N) is 1. The predicted octanol–water partition coefficient (Wildman–Crippen LogP) is 3.91. The van der Waals surface area contributed by atoms with E-state index >= 15 is 0 Å². The van der Waals surface area contributed by atoms with Crippen molar-refractivity contribution in [2.24, 2.45) is 5.92 Å². The van der Waals surface area contributed by atoms with Gasteiger partial charge in [-0.2, -0.15) is 0 Å². The number of methoxy groups -OCH3 is 1. The molecule has 1 amide bonds. The minimum Gasteiger partial charge on any atom is -0.507 e. The maximum atomic E-state index is 13.4. The number of phenols is 2. The second-order valence-corrected chi connectivity index (χ2v) is 12.2. The summed E-state index contributed by atoms with van der Waals surface area (Å²) in [6.45, 7) is 2.43. The Labute approximate surface area is 232 Å². The molecule has 11 heteroatoms. The molecule has 0 spiro atoms. The van der Waals surface area contributed by atoms with Gasteiger partial charge in [-0.1, -0.05) is 29.9 Å². The summed E-state index contributed by atoms with van der Waals surface area (Å²) in [4.78, 5) is 44.1. The number of aromatic nitrogens is 1. The SMILES string of the molecule is COc1cccc2c1C(=O)c1c(O)c3c(c(O)c1C2=O)CC(C(=O)NC[C@H](C)SSc1ccc(N)cn1)CC3. The zero-order valence-electron chi connectivity index (χ0n) is 21.3. The molecular formula is C28H27N3O6S2. The lowest BCUT2D eigenvalue weighted by atomic mass is 9.75. The number of rotatable bonds is 7. The number of nitrogens with zero attached hydrogens (tertiary/aromatic N) is 1. The second kappa shape index (κ2) is 10.8. The summed E-state index contributed by atoms with van der Waals surface area (Å²) in [5.74, 6) is -2.21. The molecule has 1 heterocycles. The van der Waals surface area contributed by atoms with E-state index in [1.165, 1.54) is 24.0 Å². The van der Waals surface area contributed by atoms with Gasteiger partial charge in [-0.05, 0) is 48.3 Å². The highest BCUT2D eigenvalue weighted by molar-refractivity contribution is 8.76. The van der Waals surface area contributed by atoms with E-state index in [9.17, 15) is 24.6 Å². The number of hydrogen-bond acceptors (Lipinski definition) is 10. The van der Waals surface area contributed by atoms with Gasteiger partial charge in [0.05, 0.1) is 35.7 Å². The molecule has 1 aromatic heterocycles. The van der Waals surface area contributed by atoms with E-state index in [4.69, 9.17) is 10.5 Å². The number of ketones is 2. The first-order valence-corrected chi connectivity index (χ1v) is 14.6. The first-order chi connectivity index (χ1) is 18.7. The first kappa shape index (κ1) is 26.9. The Hall–Kier alpha value is -3.70. The molecule has 9 nitrogen and oxygen atoms in total. The summed E-state index contributed by atoms with van der Waals surface area (Å²) in [6.07, 6.45) is 2.45. The van der Waals surface area contributed by atoms with Crippen LogP contribution in [0.3, 0.4) is 0 Å². The molecule has 0 saturated carbocycles. The Morgan fingerprint density at radius 2 is 1.87 bits per heavy atom. The minimum atomic E-state index is -0.578. The Bertz CT molecular complexity index is 1490.